The minimum Gasteiger partial charge on any atom is -0.494 e. The molecule has 1 amide bonds. The Morgan fingerprint density at radius 3 is 2.47 bits per heavy atom. The Hall–Kier alpha value is -2.48. The number of fused-ring (bicyclic) bond motifs is 1. The van der Waals surface area contributed by atoms with Crippen LogP contribution in [0.3, 0.4) is 0 Å². The van der Waals surface area contributed by atoms with Gasteiger partial charge in [0.15, 0.2) is 0 Å². The number of rotatable bonds is 16. The molecule has 0 N–H and O–H groups in total. The third-order valence-corrected chi connectivity index (χ3v) is 9.28. The van der Waals surface area contributed by atoms with E-state index in [0.717, 1.165) is 76.1 Å². The lowest BCUT2D eigenvalue weighted by Crippen LogP contribution is -2.46. The molecular formula is C34H47Cl2N3O4. The molecule has 2 aromatic carbocycles. The van der Waals surface area contributed by atoms with Gasteiger partial charge in [0.1, 0.15) is 5.75 Å². The van der Waals surface area contributed by atoms with E-state index in [4.69, 9.17) is 32.8 Å². The minimum absolute atomic E-state index is 0.192. The van der Waals surface area contributed by atoms with Crippen molar-refractivity contribution in [3.8, 4) is 5.75 Å². The minimum atomic E-state index is -0.349. The number of ether oxygens (including phenoxy) is 1. The lowest BCUT2D eigenvalue weighted by molar-refractivity contribution is -0.154. The second-order valence-electron chi connectivity index (χ2n) is 11.8. The molecule has 1 saturated heterocycles. The van der Waals surface area contributed by atoms with Gasteiger partial charge in [0, 0.05) is 38.7 Å². The van der Waals surface area contributed by atoms with Crippen molar-refractivity contribution in [3.63, 3.8) is 0 Å². The van der Waals surface area contributed by atoms with Crippen molar-refractivity contribution in [3.05, 3.63) is 52.0 Å². The number of unbranched alkanes of at least 4 members (excludes halogenated alkanes) is 6. The lowest BCUT2D eigenvalue weighted by atomic mass is 10.0. The van der Waals surface area contributed by atoms with Crippen molar-refractivity contribution < 1.29 is 19.2 Å². The predicted molar refractivity (Wildman–Crippen MR) is 175 cm³/mol. The fourth-order valence-electron chi connectivity index (χ4n) is 5.72. The maximum atomic E-state index is 12.8. The van der Waals surface area contributed by atoms with Crippen molar-refractivity contribution in [2.75, 3.05) is 49.3 Å². The van der Waals surface area contributed by atoms with E-state index >= 15 is 0 Å². The van der Waals surface area contributed by atoms with Crippen molar-refractivity contribution in [2.45, 2.75) is 84.5 Å². The summed E-state index contributed by atoms with van der Waals surface area (Å²) in [4.78, 5) is 36.0. The van der Waals surface area contributed by atoms with Crippen LogP contribution in [0.4, 0.5) is 11.4 Å². The zero-order valence-electron chi connectivity index (χ0n) is 25.8. The van der Waals surface area contributed by atoms with Crippen LogP contribution in [0.15, 0.2) is 36.4 Å². The van der Waals surface area contributed by atoms with Crippen LogP contribution >= 0.6 is 23.2 Å². The normalized spacial score (nSPS) is 16.2. The topological polar surface area (TPSA) is 62.3 Å². The van der Waals surface area contributed by atoms with Gasteiger partial charge in [0.05, 0.1) is 33.9 Å². The molecule has 236 valence electrons. The molecule has 4 rings (SSSR count). The summed E-state index contributed by atoms with van der Waals surface area (Å²) in [5, 5.41) is 2.41. The highest BCUT2D eigenvalue weighted by molar-refractivity contribution is 6.43. The summed E-state index contributed by atoms with van der Waals surface area (Å²) in [7, 11) is 0. The van der Waals surface area contributed by atoms with E-state index in [9.17, 15) is 9.59 Å². The van der Waals surface area contributed by atoms with Gasteiger partial charge < -0.3 is 14.5 Å². The van der Waals surface area contributed by atoms with Gasteiger partial charge in [-0.15, -0.1) is 5.06 Å². The maximum Gasteiger partial charge on any atom is 0.335 e. The molecule has 9 heteroatoms. The van der Waals surface area contributed by atoms with Gasteiger partial charge in [-0.1, -0.05) is 87.7 Å². The Bertz CT molecular complexity index is 1200. The number of hydrogen-bond donors (Lipinski definition) is 0. The summed E-state index contributed by atoms with van der Waals surface area (Å²) in [5.41, 5.74) is 2.61. The molecule has 0 saturated carbocycles. The molecule has 0 spiro atoms. The number of aryl methyl sites for hydroxylation is 1. The fraction of sp³-hybridized carbons (Fsp3) is 0.588. The molecule has 1 atom stereocenters. The van der Waals surface area contributed by atoms with E-state index in [1.807, 2.05) is 43.3 Å². The average Bonchev–Trinajstić information content (AvgIpc) is 3.01. The third-order valence-electron chi connectivity index (χ3n) is 8.47. The Balaban J connectivity index is 1.19. The number of halogens is 2. The monoisotopic (exact) mass is 631 g/mol. The van der Waals surface area contributed by atoms with E-state index in [-0.39, 0.29) is 17.8 Å². The Morgan fingerprint density at radius 2 is 1.67 bits per heavy atom. The molecule has 1 unspecified atom stereocenters. The van der Waals surface area contributed by atoms with Crippen molar-refractivity contribution >= 4 is 46.5 Å². The van der Waals surface area contributed by atoms with Gasteiger partial charge in [-0.2, -0.15) is 0 Å². The first-order chi connectivity index (χ1) is 20.9. The van der Waals surface area contributed by atoms with Gasteiger partial charge in [-0.25, -0.2) is 4.79 Å². The Morgan fingerprint density at radius 1 is 0.907 bits per heavy atom. The molecule has 2 aromatic rings. The van der Waals surface area contributed by atoms with Gasteiger partial charge in [0.25, 0.3) is 5.91 Å². The first kappa shape index (κ1) is 33.4. The summed E-state index contributed by atoms with van der Waals surface area (Å²) in [6.07, 6.45) is 10.7. The molecule has 0 aliphatic carbocycles. The average molecular weight is 633 g/mol. The van der Waals surface area contributed by atoms with E-state index in [0.29, 0.717) is 40.9 Å². The van der Waals surface area contributed by atoms with Crippen LogP contribution in [0.1, 0.15) is 83.6 Å². The number of carbonyl (C=O) groups is 2. The molecule has 1 fully saturated rings. The highest BCUT2D eigenvalue weighted by Crippen LogP contribution is 2.34. The van der Waals surface area contributed by atoms with Gasteiger partial charge in [0.2, 0.25) is 0 Å². The number of piperazine rings is 1. The highest BCUT2D eigenvalue weighted by atomic mass is 35.5. The predicted octanol–water partition coefficient (Wildman–Crippen LogP) is 8.10. The molecule has 2 heterocycles. The fourth-order valence-corrected chi connectivity index (χ4v) is 6.13. The van der Waals surface area contributed by atoms with Crippen LogP contribution in [0.25, 0.3) is 0 Å². The van der Waals surface area contributed by atoms with Crippen molar-refractivity contribution in [2.24, 2.45) is 5.92 Å². The quantitative estimate of drug-likeness (QED) is 0.174. The van der Waals surface area contributed by atoms with Crippen LogP contribution in [0.5, 0.6) is 5.75 Å². The summed E-state index contributed by atoms with van der Waals surface area (Å²) >= 11 is 12.6. The molecule has 0 radical (unpaired) electrons. The first-order valence-electron chi connectivity index (χ1n) is 16.1. The van der Waals surface area contributed by atoms with Crippen LogP contribution < -0.4 is 14.7 Å². The standard InChI is InChI=1S/C34H47Cl2N3O4/c1-3-4-5-6-7-8-12-26(2)34(41)43-39-31-25-28(17-15-27(31)16-18-32(39)40)42-24-10-9-19-37-20-22-38(23-21-37)30-14-11-13-29(35)33(30)36/h11,13-15,17,25-26H,3-10,12,16,18-24H2,1-2H3. The zero-order chi connectivity index (χ0) is 30.6. The summed E-state index contributed by atoms with van der Waals surface area (Å²) in [6.45, 7) is 9.49. The third kappa shape index (κ3) is 9.75. The Kier molecular flexibility index (Phi) is 13.3. The van der Waals surface area contributed by atoms with Gasteiger partial charge >= 0.3 is 5.97 Å². The van der Waals surface area contributed by atoms with Crippen LogP contribution in [-0.4, -0.2) is 56.1 Å². The van der Waals surface area contributed by atoms with E-state index < -0.39 is 0 Å². The highest BCUT2D eigenvalue weighted by Gasteiger charge is 2.30. The van der Waals surface area contributed by atoms with Crippen LogP contribution in [0.2, 0.25) is 10.0 Å². The van der Waals surface area contributed by atoms with Crippen molar-refractivity contribution in [1.82, 2.24) is 4.90 Å². The van der Waals surface area contributed by atoms with Crippen molar-refractivity contribution in [1.29, 1.82) is 0 Å². The number of benzene rings is 2. The Labute approximate surface area is 267 Å². The second-order valence-corrected chi connectivity index (χ2v) is 12.6. The first-order valence-corrected chi connectivity index (χ1v) is 16.8. The maximum absolute atomic E-state index is 12.8. The van der Waals surface area contributed by atoms with E-state index in [1.54, 1.807) is 0 Å². The molecule has 7 nitrogen and oxygen atoms in total. The summed E-state index contributed by atoms with van der Waals surface area (Å²) in [5.74, 6) is -0.108. The molecule has 0 aromatic heterocycles. The summed E-state index contributed by atoms with van der Waals surface area (Å²) < 4.78 is 6.06. The number of hydrogen-bond acceptors (Lipinski definition) is 6. The van der Waals surface area contributed by atoms with Gasteiger partial charge in [-0.05, 0) is 56.0 Å². The van der Waals surface area contributed by atoms with E-state index in [2.05, 4.69) is 16.7 Å². The molecule has 43 heavy (non-hydrogen) atoms. The number of anilines is 2. The molecule has 2 aliphatic rings. The van der Waals surface area contributed by atoms with E-state index in [1.165, 1.54) is 30.7 Å². The largest absolute Gasteiger partial charge is 0.494 e. The number of hydroxylamine groups is 1. The SMILES string of the molecule is CCCCCCCCC(C)C(=O)ON1C(=O)CCc2ccc(OCCCCN3CCN(c4cccc(Cl)c4Cl)CC3)cc21. The molecule has 2 aliphatic heterocycles. The number of amides is 1. The molecule has 0 bridgehead atoms. The number of carbonyl (C=O) groups excluding carboxylic acids is 2. The number of nitrogens with zero attached hydrogens (tertiary/aromatic N) is 3. The van der Waals surface area contributed by atoms with Crippen LogP contribution in [0, 0.1) is 5.92 Å². The molecular weight excluding hydrogens is 585 g/mol. The zero-order valence-corrected chi connectivity index (χ0v) is 27.3. The lowest BCUT2D eigenvalue weighted by Gasteiger charge is -2.36. The summed E-state index contributed by atoms with van der Waals surface area (Å²) in [6, 6.07) is 11.5. The second kappa shape index (κ2) is 17.1. The van der Waals surface area contributed by atoms with Gasteiger partial charge in [-0.3, -0.25) is 9.69 Å². The smallest absolute Gasteiger partial charge is 0.335 e. The van der Waals surface area contributed by atoms with Crippen LogP contribution in [-0.2, 0) is 20.8 Å².